The summed E-state index contributed by atoms with van der Waals surface area (Å²) in [6, 6.07) is 22.2. The first-order chi connectivity index (χ1) is 17.3. The Morgan fingerprint density at radius 1 is 1.03 bits per heavy atom. The monoisotopic (exact) mass is 498 g/mol. The number of imide groups is 1. The van der Waals surface area contributed by atoms with Crippen LogP contribution < -0.4 is 14.8 Å². The zero-order chi connectivity index (χ0) is 25.3. The normalized spacial score (nSPS) is 17.1. The Kier molecular flexibility index (Phi) is 6.12. The molecule has 0 spiro atoms. The van der Waals surface area contributed by atoms with Crippen molar-refractivity contribution in [2.45, 2.75) is 24.7 Å². The van der Waals surface area contributed by atoms with Crippen LogP contribution in [0.1, 0.15) is 23.9 Å². The van der Waals surface area contributed by atoms with E-state index < -0.39 is 4.75 Å². The van der Waals surface area contributed by atoms with E-state index in [9.17, 15) is 9.59 Å². The number of aryl methyl sites for hydroxylation is 1. The number of amides is 2. The molecule has 1 N–H and O–H groups in total. The predicted octanol–water partition coefficient (Wildman–Crippen LogP) is 5.10. The van der Waals surface area contributed by atoms with Crippen molar-refractivity contribution in [3.05, 3.63) is 83.7 Å². The van der Waals surface area contributed by atoms with Crippen LogP contribution in [-0.2, 0) is 24.9 Å². The predicted molar refractivity (Wildman–Crippen MR) is 136 cm³/mol. The van der Waals surface area contributed by atoms with Gasteiger partial charge in [-0.3, -0.25) is 14.9 Å². The van der Waals surface area contributed by atoms with Crippen LogP contribution in [0, 0.1) is 11.3 Å². The van der Waals surface area contributed by atoms with Crippen LogP contribution in [0.25, 0.3) is 11.0 Å². The number of imidazole rings is 1. The fourth-order valence-corrected chi connectivity index (χ4v) is 4.94. The van der Waals surface area contributed by atoms with Crippen molar-refractivity contribution in [2.24, 2.45) is 7.05 Å². The van der Waals surface area contributed by atoms with Gasteiger partial charge in [0.15, 0.2) is 0 Å². The van der Waals surface area contributed by atoms with Gasteiger partial charge < -0.3 is 14.0 Å². The Bertz CT molecular complexity index is 1510. The van der Waals surface area contributed by atoms with Gasteiger partial charge in [0.1, 0.15) is 34.4 Å². The molecule has 1 saturated heterocycles. The van der Waals surface area contributed by atoms with Crippen molar-refractivity contribution in [3.8, 4) is 23.3 Å². The molecule has 0 aliphatic carbocycles. The summed E-state index contributed by atoms with van der Waals surface area (Å²) in [7, 11) is 1.93. The van der Waals surface area contributed by atoms with E-state index in [4.69, 9.17) is 14.7 Å². The van der Waals surface area contributed by atoms with Gasteiger partial charge in [0.25, 0.3) is 5.24 Å². The highest BCUT2D eigenvalue weighted by molar-refractivity contribution is 8.16. The second-order valence-electron chi connectivity index (χ2n) is 8.66. The van der Waals surface area contributed by atoms with Crippen LogP contribution in [0.2, 0.25) is 0 Å². The molecule has 0 saturated carbocycles. The Hall–Kier alpha value is -4.29. The number of fused-ring (bicyclic) bond motifs is 1. The molecule has 180 valence electrons. The molecule has 2 amide bonds. The van der Waals surface area contributed by atoms with E-state index in [1.54, 1.807) is 31.2 Å². The van der Waals surface area contributed by atoms with Gasteiger partial charge in [0.2, 0.25) is 5.91 Å². The summed E-state index contributed by atoms with van der Waals surface area (Å²) in [6.45, 7) is 2.05. The average Bonchev–Trinajstić information content (AvgIpc) is 3.32. The van der Waals surface area contributed by atoms with Crippen LogP contribution in [0.3, 0.4) is 0 Å². The zero-order valence-corrected chi connectivity index (χ0v) is 20.5. The molecule has 3 aromatic carbocycles. The van der Waals surface area contributed by atoms with Crippen LogP contribution in [0.5, 0.6) is 17.2 Å². The van der Waals surface area contributed by atoms with Crippen LogP contribution in [0.4, 0.5) is 4.79 Å². The number of thioether (sulfide) groups is 1. The van der Waals surface area contributed by atoms with Crippen molar-refractivity contribution >= 4 is 33.9 Å². The largest absolute Gasteiger partial charge is 0.486 e. The number of benzene rings is 3. The molecule has 5 rings (SSSR count). The standard InChI is InChI=1S/C27H22N4O4S/c1-27(25(32)30-26(33)36-27)14-17-3-7-19(8-4-17)34-16-24-29-22-12-11-21(13-23(22)31(24)2)35-20-9-5-18(15-28)6-10-20/h3-13H,14,16H2,1-2H3,(H,30,32,33)/t27-/m0/s1. The van der Waals surface area contributed by atoms with E-state index in [-0.39, 0.29) is 17.8 Å². The minimum absolute atomic E-state index is 0.259. The lowest BCUT2D eigenvalue weighted by atomic mass is 9.99. The molecule has 1 atom stereocenters. The number of hydrogen-bond donors (Lipinski definition) is 1. The lowest BCUT2D eigenvalue weighted by molar-refractivity contribution is -0.121. The van der Waals surface area contributed by atoms with Crippen LogP contribution in [0.15, 0.2) is 66.7 Å². The summed E-state index contributed by atoms with van der Waals surface area (Å²) >= 11 is 1.03. The molecule has 1 aromatic heterocycles. The third-order valence-electron chi connectivity index (χ3n) is 6.01. The van der Waals surface area contributed by atoms with Gasteiger partial charge in [-0.2, -0.15) is 5.26 Å². The summed E-state index contributed by atoms with van der Waals surface area (Å²) in [5, 5.41) is 11.0. The Morgan fingerprint density at radius 2 is 1.72 bits per heavy atom. The first kappa shape index (κ1) is 23.5. The minimum Gasteiger partial charge on any atom is -0.486 e. The van der Waals surface area contributed by atoms with Crippen LogP contribution in [-0.4, -0.2) is 25.4 Å². The number of carbonyl (C=O) groups excluding carboxylic acids is 2. The number of nitrogens with one attached hydrogen (secondary N) is 1. The zero-order valence-electron chi connectivity index (χ0n) is 19.6. The molecule has 0 unspecified atom stereocenters. The molecule has 1 aliphatic heterocycles. The quantitative estimate of drug-likeness (QED) is 0.378. The number of ether oxygens (including phenoxy) is 2. The van der Waals surface area contributed by atoms with Gasteiger partial charge in [-0.1, -0.05) is 12.1 Å². The maximum atomic E-state index is 12.1. The molecule has 1 fully saturated rings. The SMILES string of the molecule is Cn1c(COc2ccc(C[C@]3(C)SC(=O)NC3=O)cc2)nc2ccc(Oc3ccc(C#N)cc3)cc21. The molecule has 36 heavy (non-hydrogen) atoms. The van der Waals surface area contributed by atoms with Gasteiger partial charge in [-0.15, -0.1) is 0 Å². The summed E-state index contributed by atoms with van der Waals surface area (Å²) in [5.74, 6) is 2.50. The van der Waals surface area contributed by atoms with Gasteiger partial charge in [0.05, 0.1) is 22.7 Å². The number of aromatic nitrogens is 2. The number of carbonyl (C=O) groups is 2. The molecular weight excluding hydrogens is 476 g/mol. The highest BCUT2D eigenvalue weighted by Crippen LogP contribution is 2.35. The van der Waals surface area contributed by atoms with Gasteiger partial charge in [-0.05, 0) is 79.2 Å². The second-order valence-corrected chi connectivity index (χ2v) is 10.1. The first-order valence-corrected chi connectivity index (χ1v) is 12.0. The summed E-state index contributed by atoms with van der Waals surface area (Å²) in [5.41, 5.74) is 3.26. The molecule has 8 nitrogen and oxygen atoms in total. The van der Waals surface area contributed by atoms with E-state index in [1.165, 1.54) is 0 Å². The lowest BCUT2D eigenvalue weighted by Crippen LogP contribution is -2.35. The summed E-state index contributed by atoms with van der Waals surface area (Å²) < 4.78 is 13.1. The van der Waals surface area contributed by atoms with Crippen LogP contribution >= 0.6 is 11.8 Å². The van der Waals surface area contributed by atoms with E-state index in [1.807, 2.05) is 54.1 Å². The molecular formula is C27H22N4O4S. The molecule has 0 radical (unpaired) electrons. The highest BCUT2D eigenvalue weighted by atomic mass is 32.2. The number of nitriles is 1. The average molecular weight is 499 g/mol. The molecule has 0 bridgehead atoms. The Morgan fingerprint density at radius 3 is 2.39 bits per heavy atom. The molecule has 1 aliphatic rings. The van der Waals surface area contributed by atoms with Gasteiger partial charge in [-0.25, -0.2) is 4.98 Å². The fourth-order valence-electron chi connectivity index (χ4n) is 4.00. The van der Waals surface area contributed by atoms with Crippen molar-refractivity contribution in [1.82, 2.24) is 14.9 Å². The second kappa shape index (κ2) is 9.40. The lowest BCUT2D eigenvalue weighted by Gasteiger charge is -2.18. The molecule has 9 heteroatoms. The topological polar surface area (TPSA) is 106 Å². The summed E-state index contributed by atoms with van der Waals surface area (Å²) in [4.78, 5) is 28.3. The maximum absolute atomic E-state index is 12.1. The number of hydrogen-bond acceptors (Lipinski definition) is 7. The molecule has 2 heterocycles. The van der Waals surface area contributed by atoms with Crippen molar-refractivity contribution in [1.29, 1.82) is 5.26 Å². The van der Waals surface area contributed by atoms with E-state index in [0.29, 0.717) is 29.2 Å². The number of rotatable bonds is 7. The minimum atomic E-state index is -0.796. The fraction of sp³-hybridized carbons (Fsp3) is 0.185. The van der Waals surface area contributed by atoms with Crippen molar-refractivity contribution in [3.63, 3.8) is 0 Å². The van der Waals surface area contributed by atoms with Gasteiger partial charge in [0, 0.05) is 13.1 Å². The van der Waals surface area contributed by atoms with Crippen molar-refractivity contribution in [2.75, 3.05) is 0 Å². The van der Waals surface area contributed by atoms with E-state index in [2.05, 4.69) is 16.4 Å². The van der Waals surface area contributed by atoms with E-state index in [0.717, 1.165) is 34.2 Å². The first-order valence-electron chi connectivity index (χ1n) is 11.2. The van der Waals surface area contributed by atoms with E-state index >= 15 is 0 Å². The molecule has 4 aromatic rings. The Balaban J connectivity index is 1.24. The summed E-state index contributed by atoms with van der Waals surface area (Å²) in [6.07, 6.45) is 0.452. The van der Waals surface area contributed by atoms with Crippen molar-refractivity contribution < 1.29 is 19.1 Å². The Labute approximate surface area is 211 Å². The number of nitrogens with zero attached hydrogens (tertiary/aromatic N) is 3. The van der Waals surface area contributed by atoms with Gasteiger partial charge >= 0.3 is 0 Å². The smallest absolute Gasteiger partial charge is 0.286 e. The highest BCUT2D eigenvalue weighted by Gasteiger charge is 2.43. The third-order valence-corrected chi connectivity index (χ3v) is 7.08. The third kappa shape index (κ3) is 4.76. The maximum Gasteiger partial charge on any atom is 0.286 e.